The van der Waals surface area contributed by atoms with E-state index in [1.807, 2.05) is 19.1 Å². The molecule has 4 bridgehead atoms. The molecule has 2 aromatic carbocycles. The van der Waals surface area contributed by atoms with Crippen molar-refractivity contribution < 1.29 is 18.8 Å². The zero-order valence-corrected chi connectivity index (χ0v) is 24.6. The largest absolute Gasteiger partial charge is 0.335 e. The summed E-state index contributed by atoms with van der Waals surface area (Å²) in [4.78, 5) is 40.4. The zero-order chi connectivity index (χ0) is 28.6. The lowest BCUT2D eigenvalue weighted by Crippen LogP contribution is -2.54. The maximum atomic E-state index is 14.8. The minimum Gasteiger partial charge on any atom is -0.315 e. The van der Waals surface area contributed by atoms with Gasteiger partial charge in [0, 0.05) is 15.9 Å². The normalized spacial score (nSPS) is 28.1. The lowest BCUT2D eigenvalue weighted by Gasteiger charge is -2.57. The van der Waals surface area contributed by atoms with Crippen molar-refractivity contribution in [2.45, 2.75) is 57.8 Å². The van der Waals surface area contributed by atoms with Gasteiger partial charge in [0.05, 0.1) is 11.4 Å². The van der Waals surface area contributed by atoms with Crippen LogP contribution in [0, 0.1) is 37.4 Å². The molecule has 1 saturated heterocycles. The van der Waals surface area contributed by atoms with E-state index >= 15 is 0 Å². The number of carbonyl (C=O) groups excluding carboxylic acids is 3. The van der Waals surface area contributed by atoms with Crippen molar-refractivity contribution in [1.82, 2.24) is 9.88 Å². The van der Waals surface area contributed by atoms with Crippen molar-refractivity contribution in [3.05, 3.63) is 86.9 Å². The van der Waals surface area contributed by atoms with E-state index in [9.17, 15) is 18.8 Å². The molecule has 0 atom stereocenters. The first-order chi connectivity index (χ1) is 19.6. The molecule has 5 aliphatic rings. The average Bonchev–Trinajstić information content (AvgIpc) is 3.18. The molecule has 8 heteroatoms. The van der Waals surface area contributed by atoms with Gasteiger partial charge in [0.2, 0.25) is 0 Å². The monoisotopic (exact) mass is 615 g/mol. The second-order valence-corrected chi connectivity index (χ2v) is 13.4. The van der Waals surface area contributed by atoms with Crippen molar-refractivity contribution in [3.63, 3.8) is 0 Å². The molecular weight excluding hydrogens is 585 g/mol. The molecule has 6 nitrogen and oxygen atoms in total. The van der Waals surface area contributed by atoms with Gasteiger partial charge < -0.3 is 4.57 Å². The van der Waals surface area contributed by atoms with Crippen LogP contribution in [0.5, 0.6) is 0 Å². The predicted octanol–water partition coefficient (Wildman–Crippen LogP) is 7.13. The van der Waals surface area contributed by atoms with Crippen molar-refractivity contribution in [3.8, 4) is 5.69 Å². The van der Waals surface area contributed by atoms with Crippen LogP contribution in [0.1, 0.15) is 61.0 Å². The van der Waals surface area contributed by atoms with E-state index in [0.29, 0.717) is 27.1 Å². The lowest BCUT2D eigenvalue weighted by molar-refractivity contribution is -0.122. The number of aryl methyl sites for hydroxylation is 1. The molecule has 4 saturated carbocycles. The molecule has 4 aliphatic carbocycles. The maximum absolute atomic E-state index is 14.8. The minimum absolute atomic E-state index is 0.147. The molecule has 41 heavy (non-hydrogen) atoms. The van der Waals surface area contributed by atoms with Crippen LogP contribution < -0.4 is 10.2 Å². The number of benzene rings is 2. The van der Waals surface area contributed by atoms with Crippen LogP contribution in [0.3, 0.4) is 0 Å². The highest BCUT2D eigenvalue weighted by molar-refractivity contribution is 9.10. The van der Waals surface area contributed by atoms with Gasteiger partial charge in [-0.1, -0.05) is 28.1 Å². The summed E-state index contributed by atoms with van der Waals surface area (Å²) in [7, 11) is 0. The van der Waals surface area contributed by atoms with Gasteiger partial charge in [0.25, 0.3) is 11.8 Å². The third kappa shape index (κ3) is 4.30. The molecule has 4 amide bonds. The van der Waals surface area contributed by atoms with Crippen LogP contribution in [-0.2, 0) is 15.0 Å². The quantitative estimate of drug-likeness (QED) is 0.251. The van der Waals surface area contributed by atoms with Gasteiger partial charge in [-0.25, -0.2) is 14.1 Å². The van der Waals surface area contributed by atoms with Gasteiger partial charge >= 0.3 is 6.03 Å². The molecule has 8 rings (SSSR count). The van der Waals surface area contributed by atoms with E-state index in [2.05, 4.69) is 33.4 Å². The van der Waals surface area contributed by atoms with E-state index < -0.39 is 23.7 Å². The van der Waals surface area contributed by atoms with Crippen molar-refractivity contribution in [1.29, 1.82) is 0 Å². The summed E-state index contributed by atoms with van der Waals surface area (Å²) in [5, 5.41) is 2.33. The number of hydrogen-bond donors (Lipinski definition) is 1. The summed E-state index contributed by atoms with van der Waals surface area (Å²) in [6.07, 6.45) is 9.26. The Morgan fingerprint density at radius 1 is 0.927 bits per heavy atom. The van der Waals surface area contributed by atoms with Gasteiger partial charge in [-0.2, -0.15) is 0 Å². The Morgan fingerprint density at radius 2 is 1.56 bits per heavy atom. The van der Waals surface area contributed by atoms with Crippen molar-refractivity contribution in [2.24, 2.45) is 17.8 Å². The second-order valence-electron chi connectivity index (χ2n) is 12.5. The number of imide groups is 2. The Balaban J connectivity index is 1.19. The Bertz CT molecular complexity index is 1620. The van der Waals surface area contributed by atoms with Crippen LogP contribution in [0.4, 0.5) is 14.9 Å². The molecule has 0 unspecified atom stereocenters. The Morgan fingerprint density at radius 3 is 2.17 bits per heavy atom. The van der Waals surface area contributed by atoms with Crippen LogP contribution in [0.15, 0.2) is 58.6 Å². The second kappa shape index (κ2) is 9.51. The number of halogens is 2. The van der Waals surface area contributed by atoms with Crippen LogP contribution >= 0.6 is 15.9 Å². The summed E-state index contributed by atoms with van der Waals surface area (Å²) < 4.78 is 17.1. The first-order valence-corrected chi connectivity index (χ1v) is 15.1. The van der Waals surface area contributed by atoms with Crippen LogP contribution in [-0.4, -0.2) is 22.4 Å². The lowest BCUT2D eigenvalue weighted by atomic mass is 9.48. The summed E-state index contributed by atoms with van der Waals surface area (Å²) in [6.45, 7) is 3.64. The van der Waals surface area contributed by atoms with E-state index in [1.54, 1.807) is 29.7 Å². The number of anilines is 1. The SMILES string of the molecule is Cc1cc(/C=C2\C(=O)NC(=O)N(c3ccc(C45CC6CC(CC(C6)C4)C5)cc3)C2=O)c(C)n1-c1ccc(Br)cc1F. The summed E-state index contributed by atoms with van der Waals surface area (Å²) in [5.41, 5.74) is 4.16. The third-order valence-corrected chi connectivity index (χ3v) is 10.3. The number of urea groups is 1. The first kappa shape index (κ1) is 26.4. The predicted molar refractivity (Wildman–Crippen MR) is 158 cm³/mol. The molecule has 2 heterocycles. The number of nitrogens with one attached hydrogen (secondary N) is 1. The number of amides is 4. The van der Waals surface area contributed by atoms with E-state index in [4.69, 9.17) is 0 Å². The average molecular weight is 617 g/mol. The number of rotatable bonds is 4. The fourth-order valence-electron chi connectivity index (χ4n) is 8.44. The molecule has 0 radical (unpaired) electrons. The van der Waals surface area contributed by atoms with Gasteiger partial charge in [-0.3, -0.25) is 14.9 Å². The van der Waals surface area contributed by atoms with E-state index in [1.165, 1.54) is 56.2 Å². The topological polar surface area (TPSA) is 71.4 Å². The number of aromatic nitrogens is 1. The number of hydrogen-bond acceptors (Lipinski definition) is 3. The first-order valence-electron chi connectivity index (χ1n) is 14.3. The number of nitrogens with zero attached hydrogens (tertiary/aromatic N) is 2. The molecule has 1 aromatic heterocycles. The fourth-order valence-corrected chi connectivity index (χ4v) is 8.78. The smallest absolute Gasteiger partial charge is 0.315 e. The highest BCUT2D eigenvalue weighted by Gasteiger charge is 2.51. The molecule has 5 fully saturated rings. The van der Waals surface area contributed by atoms with E-state index in [0.717, 1.165) is 28.3 Å². The highest BCUT2D eigenvalue weighted by atomic mass is 79.9. The minimum atomic E-state index is -0.762. The molecule has 1 aliphatic heterocycles. The number of barbiturate groups is 1. The summed E-state index contributed by atoms with van der Waals surface area (Å²) in [6, 6.07) is 13.7. The summed E-state index contributed by atoms with van der Waals surface area (Å²) >= 11 is 3.29. The molecule has 210 valence electrons. The number of carbonyl (C=O) groups is 3. The molecule has 1 N–H and O–H groups in total. The highest BCUT2D eigenvalue weighted by Crippen LogP contribution is 2.60. The maximum Gasteiger partial charge on any atom is 0.335 e. The Hall–Kier alpha value is -3.52. The van der Waals surface area contributed by atoms with Gasteiger partial charge in [0.15, 0.2) is 0 Å². The van der Waals surface area contributed by atoms with Gasteiger partial charge in [0.1, 0.15) is 11.4 Å². The van der Waals surface area contributed by atoms with E-state index in [-0.39, 0.29) is 11.0 Å². The Kier molecular flexibility index (Phi) is 6.12. The molecular formula is C33H31BrFN3O3. The third-order valence-electron chi connectivity index (χ3n) is 9.80. The van der Waals surface area contributed by atoms with Crippen LogP contribution in [0.25, 0.3) is 11.8 Å². The molecule has 3 aromatic rings. The Labute approximate surface area is 246 Å². The van der Waals surface area contributed by atoms with Crippen LogP contribution in [0.2, 0.25) is 0 Å². The van der Waals surface area contributed by atoms with Gasteiger partial charge in [-0.15, -0.1) is 0 Å². The fraction of sp³-hybridized carbons (Fsp3) is 0.364. The standard InChI is InChI=1S/C33H31BrFN3O3/c1-18-9-23(19(2)37(18)29-8-5-25(34)14-28(29)35)13-27-30(39)36-32(41)38(31(27)40)26-6-3-24(4-7-26)33-15-20-10-21(16-33)12-22(11-20)17-33/h3-9,13-14,20-22H,10-12,15-17H2,1-2H3,(H,36,39,41)/b27-13+. The van der Waals surface area contributed by atoms with Crippen molar-refractivity contribution >= 4 is 45.5 Å². The van der Waals surface area contributed by atoms with Crippen molar-refractivity contribution in [2.75, 3.05) is 4.90 Å². The summed E-state index contributed by atoms with van der Waals surface area (Å²) in [5.74, 6) is 0.617. The zero-order valence-electron chi connectivity index (χ0n) is 23.0. The van der Waals surface area contributed by atoms with Gasteiger partial charge in [-0.05, 0) is 129 Å². The molecule has 0 spiro atoms.